The second kappa shape index (κ2) is 9.86. The maximum absolute atomic E-state index is 11.3. The first kappa shape index (κ1) is 19.8. The molecule has 3 rings (SSSR count). The van der Waals surface area contributed by atoms with Gasteiger partial charge in [0.1, 0.15) is 0 Å². The number of carbonyl (C=O) groups excluding carboxylic acids is 1. The molecule has 0 saturated carbocycles. The van der Waals surface area contributed by atoms with Gasteiger partial charge in [0, 0.05) is 5.92 Å². The maximum atomic E-state index is 11.3. The van der Waals surface area contributed by atoms with Crippen LogP contribution in [0.5, 0.6) is 0 Å². The number of nitrogens with one attached hydrogen (secondary N) is 1. The molecule has 0 aromatic heterocycles. The molecule has 1 atom stereocenters. The molecular weight excluding hydrogens is 346 g/mol. The Hall–Kier alpha value is -2.91. The van der Waals surface area contributed by atoms with Crippen LogP contribution in [0.1, 0.15) is 33.7 Å². The Kier molecular flexibility index (Phi) is 6.99. The molecule has 1 N–H and O–H groups in total. The normalized spacial score (nSPS) is 12.0. The first-order valence-corrected chi connectivity index (χ1v) is 9.62. The molecule has 144 valence electrons. The highest BCUT2D eigenvalue weighted by atomic mass is 16.5. The molecule has 0 aliphatic rings. The summed E-state index contributed by atoms with van der Waals surface area (Å²) in [4.78, 5) is 11.3. The summed E-state index contributed by atoms with van der Waals surface area (Å²) in [6.45, 7) is 5.14. The largest absolute Gasteiger partial charge is 0.375 e. The molecule has 0 spiro atoms. The molecule has 3 heteroatoms. The SMILES string of the molecule is Cc1cc(C)cc(COCC(NC=O)C(c2ccccc2)c2ccccc2)c1. The lowest BCUT2D eigenvalue weighted by Gasteiger charge is -2.28. The number of aryl methyl sites for hydroxylation is 2. The Balaban J connectivity index is 1.79. The zero-order valence-corrected chi connectivity index (χ0v) is 16.5. The zero-order valence-electron chi connectivity index (χ0n) is 16.5. The molecule has 1 unspecified atom stereocenters. The van der Waals surface area contributed by atoms with Gasteiger partial charge >= 0.3 is 0 Å². The first-order valence-electron chi connectivity index (χ1n) is 9.62. The minimum atomic E-state index is -0.159. The topological polar surface area (TPSA) is 38.3 Å². The van der Waals surface area contributed by atoms with Gasteiger partial charge in [-0.3, -0.25) is 4.79 Å². The van der Waals surface area contributed by atoms with E-state index in [0.29, 0.717) is 13.2 Å². The smallest absolute Gasteiger partial charge is 0.207 e. The van der Waals surface area contributed by atoms with Crippen LogP contribution in [0.2, 0.25) is 0 Å². The lowest BCUT2D eigenvalue weighted by molar-refractivity contribution is -0.110. The van der Waals surface area contributed by atoms with Crippen molar-refractivity contribution in [3.63, 3.8) is 0 Å². The van der Waals surface area contributed by atoms with E-state index >= 15 is 0 Å². The molecule has 0 aliphatic heterocycles. The Bertz CT molecular complexity index is 818. The van der Waals surface area contributed by atoms with Crippen molar-refractivity contribution in [3.8, 4) is 0 Å². The summed E-state index contributed by atoms with van der Waals surface area (Å²) in [5.41, 5.74) is 5.92. The van der Waals surface area contributed by atoms with Gasteiger partial charge in [-0.15, -0.1) is 0 Å². The Labute approximate surface area is 167 Å². The summed E-state index contributed by atoms with van der Waals surface area (Å²) >= 11 is 0. The Morgan fingerprint density at radius 1 is 0.857 bits per heavy atom. The van der Waals surface area contributed by atoms with Gasteiger partial charge < -0.3 is 10.1 Å². The number of hydrogen-bond donors (Lipinski definition) is 1. The van der Waals surface area contributed by atoms with Gasteiger partial charge in [0.2, 0.25) is 6.41 Å². The van der Waals surface area contributed by atoms with Crippen LogP contribution in [0.25, 0.3) is 0 Å². The van der Waals surface area contributed by atoms with Gasteiger partial charge in [-0.25, -0.2) is 0 Å². The van der Waals surface area contributed by atoms with Gasteiger partial charge in [0.25, 0.3) is 0 Å². The predicted octanol–water partition coefficient (Wildman–Crippen LogP) is 4.77. The van der Waals surface area contributed by atoms with Crippen LogP contribution >= 0.6 is 0 Å². The Morgan fingerprint density at radius 2 is 1.39 bits per heavy atom. The molecular formula is C25H27NO2. The van der Waals surface area contributed by atoms with E-state index in [-0.39, 0.29) is 12.0 Å². The summed E-state index contributed by atoms with van der Waals surface area (Å²) in [6, 6.07) is 26.8. The molecule has 3 aromatic rings. The molecule has 1 amide bonds. The molecule has 0 radical (unpaired) electrons. The summed E-state index contributed by atoms with van der Waals surface area (Å²) in [5, 5.41) is 2.98. The fourth-order valence-electron chi connectivity index (χ4n) is 3.76. The fourth-order valence-corrected chi connectivity index (χ4v) is 3.76. The predicted molar refractivity (Wildman–Crippen MR) is 113 cm³/mol. The Morgan fingerprint density at radius 3 is 1.89 bits per heavy atom. The quantitative estimate of drug-likeness (QED) is 0.549. The van der Waals surface area contributed by atoms with Crippen LogP contribution < -0.4 is 5.32 Å². The average molecular weight is 373 g/mol. The van der Waals surface area contributed by atoms with Gasteiger partial charge in [-0.1, -0.05) is 90.0 Å². The van der Waals surface area contributed by atoms with E-state index < -0.39 is 0 Å². The van der Waals surface area contributed by atoms with Crippen LogP contribution in [0, 0.1) is 13.8 Å². The van der Waals surface area contributed by atoms with E-state index in [0.717, 1.165) is 23.1 Å². The minimum Gasteiger partial charge on any atom is -0.375 e. The minimum absolute atomic E-state index is 0.0202. The zero-order chi connectivity index (χ0) is 19.8. The first-order chi connectivity index (χ1) is 13.7. The number of amides is 1. The van der Waals surface area contributed by atoms with Gasteiger partial charge in [0.15, 0.2) is 0 Å². The van der Waals surface area contributed by atoms with Crippen LogP contribution in [-0.2, 0) is 16.1 Å². The third-order valence-corrected chi connectivity index (χ3v) is 4.85. The van der Waals surface area contributed by atoms with Crippen molar-refractivity contribution in [1.29, 1.82) is 0 Å². The van der Waals surface area contributed by atoms with Crippen molar-refractivity contribution < 1.29 is 9.53 Å². The van der Waals surface area contributed by atoms with Crippen LogP contribution in [0.3, 0.4) is 0 Å². The van der Waals surface area contributed by atoms with Crippen molar-refractivity contribution in [2.24, 2.45) is 0 Å². The maximum Gasteiger partial charge on any atom is 0.207 e. The van der Waals surface area contributed by atoms with Gasteiger partial charge in [0.05, 0.1) is 19.3 Å². The lowest BCUT2D eigenvalue weighted by Crippen LogP contribution is -2.38. The van der Waals surface area contributed by atoms with Gasteiger partial charge in [-0.2, -0.15) is 0 Å². The third-order valence-electron chi connectivity index (χ3n) is 4.85. The molecule has 28 heavy (non-hydrogen) atoms. The van der Waals surface area contributed by atoms with Crippen molar-refractivity contribution >= 4 is 6.41 Å². The average Bonchev–Trinajstić information content (AvgIpc) is 2.69. The van der Waals surface area contributed by atoms with Crippen molar-refractivity contribution in [2.45, 2.75) is 32.4 Å². The highest BCUT2D eigenvalue weighted by Gasteiger charge is 2.24. The summed E-state index contributed by atoms with van der Waals surface area (Å²) in [6.07, 6.45) is 0.768. The lowest BCUT2D eigenvalue weighted by atomic mass is 9.85. The number of carbonyl (C=O) groups is 1. The number of hydrogen-bond acceptors (Lipinski definition) is 2. The second-order valence-electron chi connectivity index (χ2n) is 7.20. The molecule has 3 aromatic carbocycles. The van der Waals surface area contributed by atoms with Crippen LogP contribution in [-0.4, -0.2) is 19.1 Å². The van der Waals surface area contributed by atoms with Crippen molar-refractivity contribution in [2.75, 3.05) is 6.61 Å². The highest BCUT2D eigenvalue weighted by Crippen LogP contribution is 2.28. The third kappa shape index (κ3) is 5.30. The van der Waals surface area contributed by atoms with E-state index in [2.05, 4.69) is 61.6 Å². The number of ether oxygens (including phenoxy) is 1. The molecule has 0 saturated heterocycles. The van der Waals surface area contributed by atoms with Gasteiger partial charge in [-0.05, 0) is 30.5 Å². The summed E-state index contributed by atoms with van der Waals surface area (Å²) < 4.78 is 6.05. The van der Waals surface area contributed by atoms with E-state index in [4.69, 9.17) is 4.74 Å². The molecule has 3 nitrogen and oxygen atoms in total. The summed E-state index contributed by atoms with van der Waals surface area (Å²) in [5.74, 6) is 0.0202. The van der Waals surface area contributed by atoms with Crippen molar-refractivity contribution in [3.05, 3.63) is 107 Å². The molecule has 0 aliphatic carbocycles. The van der Waals surface area contributed by atoms with E-state index in [1.54, 1.807) is 0 Å². The molecule has 0 heterocycles. The highest BCUT2D eigenvalue weighted by molar-refractivity contribution is 5.48. The standard InChI is InChI=1S/C25H27NO2/c1-19-13-20(2)15-21(14-19)16-28-17-24(26-18-27)25(22-9-5-3-6-10-22)23-11-7-4-8-12-23/h3-15,18,24-25H,16-17H2,1-2H3,(H,26,27). The van der Waals surface area contributed by atoms with Crippen LogP contribution in [0.15, 0.2) is 78.9 Å². The van der Waals surface area contributed by atoms with E-state index in [9.17, 15) is 4.79 Å². The van der Waals surface area contributed by atoms with Crippen molar-refractivity contribution in [1.82, 2.24) is 5.32 Å². The fraction of sp³-hybridized carbons (Fsp3) is 0.240. The second-order valence-corrected chi connectivity index (χ2v) is 7.20. The number of rotatable bonds is 9. The molecule has 0 fully saturated rings. The van der Waals surface area contributed by atoms with Crippen LogP contribution in [0.4, 0.5) is 0 Å². The summed E-state index contributed by atoms with van der Waals surface area (Å²) in [7, 11) is 0. The number of benzene rings is 3. The van der Waals surface area contributed by atoms with E-state index in [1.807, 2.05) is 36.4 Å². The van der Waals surface area contributed by atoms with E-state index in [1.165, 1.54) is 11.1 Å². The molecule has 0 bridgehead atoms. The monoisotopic (exact) mass is 373 g/mol.